The smallest absolute Gasteiger partial charge is 0.222 e. The van der Waals surface area contributed by atoms with Gasteiger partial charge >= 0.3 is 0 Å². The first kappa shape index (κ1) is 15.3. The van der Waals surface area contributed by atoms with Gasteiger partial charge in [-0.05, 0) is 51.1 Å². The SMILES string of the molecule is C[C@H](NC(=O)CC1CCCCN1C)c1ccc(Cl)cc1. The van der Waals surface area contributed by atoms with Gasteiger partial charge < -0.3 is 10.2 Å². The Kier molecular flexibility index (Phi) is 5.44. The second-order valence-corrected chi connectivity index (χ2v) is 6.11. The van der Waals surface area contributed by atoms with Crippen LogP contribution in [0.3, 0.4) is 0 Å². The Balaban J connectivity index is 1.85. The summed E-state index contributed by atoms with van der Waals surface area (Å²) in [5, 5.41) is 3.79. The number of rotatable bonds is 4. The van der Waals surface area contributed by atoms with Gasteiger partial charge in [0.2, 0.25) is 5.91 Å². The van der Waals surface area contributed by atoms with Crippen LogP contribution in [0.4, 0.5) is 0 Å². The van der Waals surface area contributed by atoms with E-state index in [4.69, 9.17) is 11.6 Å². The van der Waals surface area contributed by atoms with Crippen molar-refractivity contribution in [3.8, 4) is 0 Å². The fourth-order valence-corrected chi connectivity index (χ4v) is 2.88. The van der Waals surface area contributed by atoms with Crippen LogP contribution in [0.2, 0.25) is 5.02 Å². The average molecular weight is 295 g/mol. The van der Waals surface area contributed by atoms with Crippen LogP contribution in [0.15, 0.2) is 24.3 Å². The number of nitrogens with zero attached hydrogens (tertiary/aromatic N) is 1. The van der Waals surface area contributed by atoms with Crippen LogP contribution in [0.1, 0.15) is 44.2 Å². The minimum absolute atomic E-state index is 0.0219. The van der Waals surface area contributed by atoms with Crippen molar-refractivity contribution < 1.29 is 4.79 Å². The van der Waals surface area contributed by atoms with Gasteiger partial charge in [0.15, 0.2) is 0 Å². The second-order valence-electron chi connectivity index (χ2n) is 5.68. The molecular formula is C16H23ClN2O. The van der Waals surface area contributed by atoms with Crippen LogP contribution in [-0.4, -0.2) is 30.4 Å². The first-order valence-electron chi connectivity index (χ1n) is 7.31. The maximum atomic E-state index is 12.1. The highest BCUT2D eigenvalue weighted by Gasteiger charge is 2.22. The number of piperidine rings is 1. The first-order chi connectivity index (χ1) is 9.56. The molecule has 0 aliphatic carbocycles. The quantitative estimate of drug-likeness (QED) is 0.923. The lowest BCUT2D eigenvalue weighted by Crippen LogP contribution is -2.40. The monoisotopic (exact) mass is 294 g/mol. The molecule has 20 heavy (non-hydrogen) atoms. The minimum Gasteiger partial charge on any atom is -0.350 e. The van der Waals surface area contributed by atoms with Crippen molar-refractivity contribution in [2.24, 2.45) is 0 Å². The number of benzene rings is 1. The summed E-state index contributed by atoms with van der Waals surface area (Å²) in [6.07, 6.45) is 4.19. The standard InChI is InChI=1S/C16H23ClN2O/c1-12(13-6-8-14(17)9-7-13)18-16(20)11-15-5-3-4-10-19(15)2/h6-9,12,15H,3-5,10-11H2,1-2H3,(H,18,20)/t12-,15?/m0/s1. The van der Waals surface area contributed by atoms with Gasteiger partial charge in [-0.25, -0.2) is 0 Å². The zero-order valence-corrected chi connectivity index (χ0v) is 13.0. The molecule has 0 radical (unpaired) electrons. The summed E-state index contributed by atoms with van der Waals surface area (Å²) in [4.78, 5) is 14.4. The lowest BCUT2D eigenvalue weighted by Gasteiger charge is -2.32. The Hall–Kier alpha value is -1.06. The molecule has 0 saturated carbocycles. The van der Waals surface area contributed by atoms with Gasteiger partial charge in [-0.1, -0.05) is 30.2 Å². The Morgan fingerprint density at radius 1 is 1.40 bits per heavy atom. The van der Waals surface area contributed by atoms with Crippen molar-refractivity contribution >= 4 is 17.5 Å². The molecule has 1 amide bonds. The number of carbonyl (C=O) groups excluding carboxylic acids is 1. The zero-order valence-electron chi connectivity index (χ0n) is 12.2. The number of hydrogen-bond donors (Lipinski definition) is 1. The van der Waals surface area contributed by atoms with Gasteiger partial charge in [0.25, 0.3) is 0 Å². The molecule has 1 aromatic carbocycles. The highest BCUT2D eigenvalue weighted by atomic mass is 35.5. The Morgan fingerprint density at radius 3 is 2.75 bits per heavy atom. The van der Waals surface area contributed by atoms with Gasteiger partial charge in [-0.15, -0.1) is 0 Å². The van der Waals surface area contributed by atoms with E-state index in [0.29, 0.717) is 12.5 Å². The maximum Gasteiger partial charge on any atom is 0.222 e. The molecular weight excluding hydrogens is 272 g/mol. The predicted molar refractivity (Wildman–Crippen MR) is 82.9 cm³/mol. The molecule has 1 N–H and O–H groups in total. The Bertz CT molecular complexity index is 446. The first-order valence-corrected chi connectivity index (χ1v) is 7.69. The van der Waals surface area contributed by atoms with E-state index < -0.39 is 0 Å². The summed E-state index contributed by atoms with van der Waals surface area (Å²) in [5.41, 5.74) is 1.08. The second kappa shape index (κ2) is 7.09. The molecule has 2 rings (SSSR count). The van der Waals surface area contributed by atoms with Crippen LogP contribution in [0, 0.1) is 0 Å². The fraction of sp³-hybridized carbons (Fsp3) is 0.562. The van der Waals surface area contributed by atoms with Gasteiger partial charge in [0.1, 0.15) is 0 Å². The van der Waals surface area contributed by atoms with Gasteiger partial charge in [0, 0.05) is 17.5 Å². The van der Waals surface area contributed by atoms with E-state index in [2.05, 4.69) is 17.3 Å². The summed E-state index contributed by atoms with van der Waals surface area (Å²) >= 11 is 5.87. The van der Waals surface area contributed by atoms with Crippen LogP contribution in [-0.2, 0) is 4.79 Å². The summed E-state index contributed by atoms with van der Waals surface area (Å²) < 4.78 is 0. The normalized spacial score (nSPS) is 21.4. The van der Waals surface area contributed by atoms with Crippen molar-refractivity contribution in [2.45, 2.75) is 44.7 Å². The van der Waals surface area contributed by atoms with Gasteiger partial charge in [-0.3, -0.25) is 4.79 Å². The molecule has 2 atom stereocenters. The third kappa shape index (κ3) is 4.22. The lowest BCUT2D eigenvalue weighted by molar-refractivity contribution is -0.123. The van der Waals surface area contributed by atoms with E-state index >= 15 is 0 Å². The largest absolute Gasteiger partial charge is 0.350 e. The third-order valence-corrected chi connectivity index (χ3v) is 4.34. The predicted octanol–water partition coefficient (Wildman–Crippen LogP) is 3.39. The summed E-state index contributed by atoms with van der Waals surface area (Å²) in [6, 6.07) is 8.04. The van der Waals surface area contributed by atoms with Crippen molar-refractivity contribution in [3.63, 3.8) is 0 Å². The number of likely N-dealkylation sites (tertiary alicyclic amines) is 1. The van der Waals surface area contributed by atoms with Gasteiger partial charge in [-0.2, -0.15) is 0 Å². The Labute approximate surface area is 126 Å². The molecule has 1 aliphatic heterocycles. The van der Waals surface area contributed by atoms with Gasteiger partial charge in [0.05, 0.1) is 6.04 Å². The molecule has 110 valence electrons. The fourth-order valence-electron chi connectivity index (χ4n) is 2.75. The molecule has 1 aromatic rings. The number of carbonyl (C=O) groups is 1. The number of halogens is 1. The van der Waals surface area contributed by atoms with E-state index in [9.17, 15) is 4.79 Å². The minimum atomic E-state index is 0.0219. The maximum absolute atomic E-state index is 12.1. The molecule has 0 aromatic heterocycles. The third-order valence-electron chi connectivity index (χ3n) is 4.09. The van der Waals surface area contributed by atoms with Crippen LogP contribution >= 0.6 is 11.6 Å². The van der Waals surface area contributed by atoms with Crippen molar-refractivity contribution in [1.29, 1.82) is 0 Å². The summed E-state index contributed by atoms with van der Waals surface area (Å²) in [7, 11) is 2.11. The van der Waals surface area contributed by atoms with Crippen LogP contribution in [0.5, 0.6) is 0 Å². The van der Waals surface area contributed by atoms with E-state index in [1.807, 2.05) is 31.2 Å². The number of hydrogen-bond acceptors (Lipinski definition) is 2. The molecule has 0 spiro atoms. The number of amides is 1. The molecule has 3 nitrogen and oxygen atoms in total. The van der Waals surface area contributed by atoms with E-state index in [1.54, 1.807) is 0 Å². The highest BCUT2D eigenvalue weighted by Crippen LogP contribution is 2.19. The number of nitrogens with one attached hydrogen (secondary N) is 1. The average Bonchev–Trinajstić information content (AvgIpc) is 2.42. The van der Waals surface area contributed by atoms with Crippen molar-refractivity contribution in [3.05, 3.63) is 34.9 Å². The summed E-state index contributed by atoms with van der Waals surface area (Å²) in [6.45, 7) is 3.11. The van der Waals surface area contributed by atoms with E-state index in [0.717, 1.165) is 23.6 Å². The molecule has 1 heterocycles. The summed E-state index contributed by atoms with van der Waals surface area (Å²) in [5.74, 6) is 0.131. The molecule has 1 aliphatic rings. The topological polar surface area (TPSA) is 32.3 Å². The van der Waals surface area contributed by atoms with Crippen LogP contribution < -0.4 is 5.32 Å². The molecule has 0 bridgehead atoms. The van der Waals surface area contributed by atoms with Crippen molar-refractivity contribution in [1.82, 2.24) is 10.2 Å². The van der Waals surface area contributed by atoms with E-state index in [-0.39, 0.29) is 11.9 Å². The Morgan fingerprint density at radius 2 is 2.10 bits per heavy atom. The molecule has 4 heteroatoms. The lowest BCUT2D eigenvalue weighted by atomic mass is 9.99. The zero-order chi connectivity index (χ0) is 14.5. The molecule has 1 fully saturated rings. The molecule has 1 saturated heterocycles. The highest BCUT2D eigenvalue weighted by molar-refractivity contribution is 6.30. The van der Waals surface area contributed by atoms with E-state index in [1.165, 1.54) is 12.8 Å². The van der Waals surface area contributed by atoms with Crippen molar-refractivity contribution in [2.75, 3.05) is 13.6 Å². The molecule has 1 unspecified atom stereocenters. The van der Waals surface area contributed by atoms with Crippen LogP contribution in [0.25, 0.3) is 0 Å².